The lowest BCUT2D eigenvalue weighted by Crippen LogP contribution is -2.35. The highest BCUT2D eigenvalue weighted by Gasteiger charge is 2.15. The number of nitrogens with zero attached hydrogens (tertiary/aromatic N) is 2. The van der Waals surface area contributed by atoms with Gasteiger partial charge < -0.3 is 14.8 Å². The Labute approximate surface area is 172 Å². The van der Waals surface area contributed by atoms with Crippen LogP contribution in [-0.2, 0) is 11.8 Å². The molecule has 3 rings (SSSR count). The molecule has 2 N–H and O–H groups in total. The lowest BCUT2D eigenvalue weighted by atomic mass is 10.0. The first-order valence-electron chi connectivity index (χ1n) is 10.5. The van der Waals surface area contributed by atoms with E-state index in [1.54, 1.807) is 10.9 Å². The summed E-state index contributed by atoms with van der Waals surface area (Å²) in [5.74, 6) is 1.07. The summed E-state index contributed by atoms with van der Waals surface area (Å²) in [6, 6.07) is 8.10. The monoisotopic (exact) mass is 400 g/mol. The molecule has 7 nitrogen and oxygen atoms in total. The molecule has 1 aromatic carbocycles. The highest BCUT2D eigenvalue weighted by molar-refractivity contribution is 5.86. The van der Waals surface area contributed by atoms with Gasteiger partial charge in [-0.3, -0.25) is 10.00 Å². The van der Waals surface area contributed by atoms with Gasteiger partial charge in [-0.05, 0) is 56.0 Å². The van der Waals surface area contributed by atoms with Crippen LogP contribution in [0.25, 0.3) is 11.3 Å². The van der Waals surface area contributed by atoms with Crippen LogP contribution in [0.1, 0.15) is 39.5 Å². The first kappa shape index (κ1) is 21.2. The lowest BCUT2D eigenvalue weighted by Gasteiger charge is -2.23. The molecule has 1 saturated heterocycles. The van der Waals surface area contributed by atoms with E-state index in [4.69, 9.17) is 9.47 Å². The van der Waals surface area contributed by atoms with E-state index >= 15 is 0 Å². The molecule has 7 heteroatoms. The summed E-state index contributed by atoms with van der Waals surface area (Å²) in [6.45, 7) is 6.13. The summed E-state index contributed by atoms with van der Waals surface area (Å²) in [5.41, 5.74) is 2.48. The van der Waals surface area contributed by atoms with Gasteiger partial charge in [0.1, 0.15) is 5.75 Å². The fraction of sp³-hybridized carbons (Fsp3) is 0.545. The number of piperidine rings is 1. The topological polar surface area (TPSA) is 77.4 Å². The molecule has 1 aliphatic rings. The first-order valence-corrected chi connectivity index (χ1v) is 10.5. The Hall–Kier alpha value is -2.54. The summed E-state index contributed by atoms with van der Waals surface area (Å²) in [4.78, 5) is 12.0. The number of aryl methyl sites for hydroxylation is 1. The quantitative estimate of drug-likeness (QED) is 0.694. The summed E-state index contributed by atoms with van der Waals surface area (Å²) < 4.78 is 13.1. The SMILES string of the molecule is CC(C)COC(=O)Nc1ccc(OCCC2CCCCN2)c(-c2ccnn2C)c1. The van der Waals surface area contributed by atoms with Crippen molar-refractivity contribution in [1.29, 1.82) is 0 Å². The average Bonchev–Trinajstić information content (AvgIpc) is 3.14. The number of hydrogen-bond donors (Lipinski definition) is 2. The average molecular weight is 401 g/mol. The highest BCUT2D eigenvalue weighted by Crippen LogP contribution is 2.32. The molecule has 29 heavy (non-hydrogen) atoms. The predicted octanol–water partition coefficient (Wildman–Crippen LogP) is 4.20. The van der Waals surface area contributed by atoms with Crippen molar-refractivity contribution in [3.05, 3.63) is 30.5 Å². The molecule has 1 fully saturated rings. The van der Waals surface area contributed by atoms with Gasteiger partial charge in [0, 0.05) is 30.5 Å². The number of aromatic nitrogens is 2. The second-order valence-electron chi connectivity index (χ2n) is 7.95. The molecule has 2 heterocycles. The molecule has 2 aromatic rings. The molecule has 158 valence electrons. The third-order valence-corrected chi connectivity index (χ3v) is 5.01. The van der Waals surface area contributed by atoms with E-state index in [9.17, 15) is 4.79 Å². The van der Waals surface area contributed by atoms with Crippen LogP contribution in [0.3, 0.4) is 0 Å². The Morgan fingerprint density at radius 3 is 2.90 bits per heavy atom. The molecular weight excluding hydrogens is 368 g/mol. The van der Waals surface area contributed by atoms with Gasteiger partial charge in [-0.2, -0.15) is 5.10 Å². The third-order valence-electron chi connectivity index (χ3n) is 5.01. The van der Waals surface area contributed by atoms with Crippen LogP contribution in [0.4, 0.5) is 10.5 Å². The zero-order valence-corrected chi connectivity index (χ0v) is 17.6. The third kappa shape index (κ3) is 6.22. The van der Waals surface area contributed by atoms with Crippen molar-refractivity contribution in [3.63, 3.8) is 0 Å². The van der Waals surface area contributed by atoms with Gasteiger partial charge in [0.15, 0.2) is 0 Å². The Morgan fingerprint density at radius 1 is 1.34 bits per heavy atom. The van der Waals surface area contributed by atoms with Gasteiger partial charge in [-0.1, -0.05) is 20.3 Å². The van der Waals surface area contributed by atoms with Crippen molar-refractivity contribution in [2.75, 3.05) is 25.1 Å². The van der Waals surface area contributed by atoms with Crippen molar-refractivity contribution >= 4 is 11.8 Å². The first-order chi connectivity index (χ1) is 14.0. The maximum atomic E-state index is 12.0. The summed E-state index contributed by atoms with van der Waals surface area (Å²) in [6.07, 6.45) is 6.03. The number of rotatable bonds is 8. The van der Waals surface area contributed by atoms with E-state index < -0.39 is 6.09 Å². The van der Waals surface area contributed by atoms with E-state index in [0.717, 1.165) is 30.0 Å². The molecule has 1 amide bonds. The van der Waals surface area contributed by atoms with Crippen molar-refractivity contribution in [2.24, 2.45) is 13.0 Å². The number of benzene rings is 1. The molecule has 0 spiro atoms. The second-order valence-corrected chi connectivity index (χ2v) is 7.95. The van der Waals surface area contributed by atoms with Crippen molar-refractivity contribution in [2.45, 2.75) is 45.6 Å². The fourth-order valence-corrected chi connectivity index (χ4v) is 3.45. The summed E-state index contributed by atoms with van der Waals surface area (Å²) in [7, 11) is 1.89. The van der Waals surface area contributed by atoms with E-state index in [1.807, 2.05) is 45.2 Å². The van der Waals surface area contributed by atoms with Crippen LogP contribution in [-0.4, -0.2) is 41.7 Å². The van der Waals surface area contributed by atoms with Crippen LogP contribution >= 0.6 is 0 Å². The normalized spacial score (nSPS) is 16.6. The Morgan fingerprint density at radius 2 is 2.21 bits per heavy atom. The van der Waals surface area contributed by atoms with Gasteiger partial charge in [0.05, 0.1) is 18.9 Å². The molecule has 0 saturated carbocycles. The minimum atomic E-state index is -0.452. The van der Waals surface area contributed by atoms with Gasteiger partial charge >= 0.3 is 6.09 Å². The predicted molar refractivity (Wildman–Crippen MR) is 114 cm³/mol. The van der Waals surface area contributed by atoms with Gasteiger partial charge in [-0.15, -0.1) is 0 Å². The number of ether oxygens (including phenoxy) is 2. The number of carbonyl (C=O) groups excluding carboxylic acids is 1. The minimum absolute atomic E-state index is 0.292. The van der Waals surface area contributed by atoms with Crippen LogP contribution < -0.4 is 15.4 Å². The van der Waals surface area contributed by atoms with Gasteiger partial charge in [0.25, 0.3) is 0 Å². The van der Waals surface area contributed by atoms with Crippen LogP contribution in [0.5, 0.6) is 5.75 Å². The number of anilines is 1. The van der Waals surface area contributed by atoms with Crippen molar-refractivity contribution in [3.8, 4) is 17.0 Å². The number of nitrogens with one attached hydrogen (secondary N) is 2. The van der Waals surface area contributed by atoms with Crippen LogP contribution in [0.2, 0.25) is 0 Å². The number of hydrogen-bond acceptors (Lipinski definition) is 5. The van der Waals surface area contributed by atoms with Gasteiger partial charge in [0.2, 0.25) is 0 Å². The zero-order valence-electron chi connectivity index (χ0n) is 17.6. The second kappa shape index (κ2) is 10.3. The van der Waals surface area contributed by atoms with Crippen molar-refractivity contribution < 1.29 is 14.3 Å². The fourth-order valence-electron chi connectivity index (χ4n) is 3.45. The largest absolute Gasteiger partial charge is 0.493 e. The molecule has 0 radical (unpaired) electrons. The van der Waals surface area contributed by atoms with E-state index in [1.165, 1.54) is 19.3 Å². The van der Waals surface area contributed by atoms with E-state index in [2.05, 4.69) is 15.7 Å². The van der Waals surface area contributed by atoms with Crippen molar-refractivity contribution in [1.82, 2.24) is 15.1 Å². The van der Waals surface area contributed by atoms with Crippen LogP contribution in [0, 0.1) is 5.92 Å². The Balaban J connectivity index is 1.70. The van der Waals surface area contributed by atoms with E-state index in [0.29, 0.717) is 30.9 Å². The minimum Gasteiger partial charge on any atom is -0.493 e. The zero-order chi connectivity index (χ0) is 20.6. The van der Waals surface area contributed by atoms with Crippen LogP contribution in [0.15, 0.2) is 30.5 Å². The molecule has 1 unspecified atom stereocenters. The molecular formula is C22H32N4O3. The highest BCUT2D eigenvalue weighted by atomic mass is 16.5. The molecule has 1 atom stereocenters. The molecule has 1 aromatic heterocycles. The van der Waals surface area contributed by atoms with E-state index in [-0.39, 0.29) is 0 Å². The smallest absolute Gasteiger partial charge is 0.411 e. The van der Waals surface area contributed by atoms with Gasteiger partial charge in [-0.25, -0.2) is 4.79 Å². The lowest BCUT2D eigenvalue weighted by molar-refractivity contribution is 0.147. The Bertz CT molecular complexity index is 797. The molecule has 1 aliphatic heterocycles. The maximum absolute atomic E-state index is 12.0. The standard InChI is InChI=1S/C22H32N4O3/c1-16(2)15-29-22(27)25-18-7-8-21(19(14-18)20-9-12-24-26(20)3)28-13-10-17-6-4-5-11-23-17/h7-9,12,14,16-17,23H,4-6,10-11,13,15H2,1-3H3,(H,25,27). The maximum Gasteiger partial charge on any atom is 0.411 e. The summed E-state index contributed by atoms with van der Waals surface area (Å²) >= 11 is 0. The summed E-state index contributed by atoms with van der Waals surface area (Å²) in [5, 5.41) is 10.6. The number of amides is 1. The molecule has 0 bridgehead atoms. The Kier molecular flexibility index (Phi) is 7.52. The molecule has 0 aliphatic carbocycles. The number of carbonyl (C=O) groups is 1.